The van der Waals surface area contributed by atoms with Crippen molar-refractivity contribution in [3.05, 3.63) is 0 Å². The van der Waals surface area contributed by atoms with Gasteiger partial charge in [0.15, 0.2) is 5.17 Å². The number of hydrogen-bond acceptors (Lipinski definition) is 4. The molecule has 0 spiro atoms. The van der Waals surface area contributed by atoms with Crippen LogP contribution >= 0.6 is 11.8 Å². The maximum Gasteiger partial charge on any atom is 0.304 e. The van der Waals surface area contributed by atoms with Crippen LogP contribution in [-0.4, -0.2) is 47.0 Å². The number of thioether (sulfide) groups is 1. The van der Waals surface area contributed by atoms with Gasteiger partial charge in [-0.2, -0.15) is 0 Å². The third-order valence-corrected chi connectivity index (χ3v) is 2.66. The van der Waals surface area contributed by atoms with Crippen molar-refractivity contribution in [2.24, 2.45) is 4.99 Å². The lowest BCUT2D eigenvalue weighted by Gasteiger charge is -2.11. The zero-order valence-corrected chi connectivity index (χ0v) is 7.80. The fraction of sp³-hybridized carbons (Fsp3) is 0.714. The van der Waals surface area contributed by atoms with Gasteiger partial charge in [-0.3, -0.25) is 9.79 Å². The second kappa shape index (κ2) is 4.35. The fourth-order valence-electron chi connectivity index (χ4n) is 0.897. The van der Waals surface area contributed by atoms with E-state index in [9.17, 15) is 4.79 Å². The predicted molar refractivity (Wildman–Crippen MR) is 49.6 cm³/mol. The van der Waals surface area contributed by atoms with Gasteiger partial charge in [-0.15, -0.1) is 0 Å². The summed E-state index contributed by atoms with van der Waals surface area (Å²) in [6.45, 7) is 1.79. The summed E-state index contributed by atoms with van der Waals surface area (Å²) in [5.74, 6) is -0.137. The van der Waals surface area contributed by atoms with Gasteiger partial charge in [-0.1, -0.05) is 11.8 Å². The van der Waals surface area contributed by atoms with Gasteiger partial charge in [0.25, 0.3) is 0 Å². The minimum absolute atomic E-state index is 0.206. The zero-order valence-electron chi connectivity index (χ0n) is 6.99. The normalized spacial score (nSPS) is 16.4. The average Bonchev–Trinajstić information content (AvgIpc) is 2.36. The van der Waals surface area contributed by atoms with Crippen LogP contribution in [-0.2, 0) is 4.79 Å². The highest BCUT2D eigenvalue weighted by molar-refractivity contribution is 8.13. The summed E-state index contributed by atoms with van der Waals surface area (Å²) in [4.78, 5) is 16.5. The van der Waals surface area contributed by atoms with Crippen molar-refractivity contribution < 1.29 is 9.90 Å². The van der Waals surface area contributed by atoms with Crippen LogP contribution in [0, 0.1) is 0 Å². The molecule has 68 valence electrons. The van der Waals surface area contributed by atoms with E-state index in [2.05, 4.69) is 4.99 Å². The van der Waals surface area contributed by atoms with Crippen molar-refractivity contribution in [2.45, 2.75) is 6.42 Å². The summed E-state index contributed by atoms with van der Waals surface area (Å²) in [6.07, 6.45) is 0.206. The van der Waals surface area contributed by atoms with Gasteiger partial charge < -0.3 is 10.0 Å². The Bertz CT molecular complexity index is 206. The third kappa shape index (κ3) is 2.73. The van der Waals surface area contributed by atoms with E-state index in [0.29, 0.717) is 5.75 Å². The second-order valence-electron chi connectivity index (χ2n) is 2.58. The van der Waals surface area contributed by atoms with Crippen molar-refractivity contribution in [1.29, 1.82) is 0 Å². The van der Waals surface area contributed by atoms with Gasteiger partial charge in [0.1, 0.15) is 0 Å². The number of nitrogens with zero attached hydrogens (tertiary/aromatic N) is 2. The van der Waals surface area contributed by atoms with E-state index in [4.69, 9.17) is 5.11 Å². The molecule has 0 saturated heterocycles. The number of hydrogen-bond donors (Lipinski definition) is 1. The summed E-state index contributed by atoms with van der Waals surface area (Å²) in [6, 6.07) is 0. The Labute approximate surface area is 75.7 Å². The highest BCUT2D eigenvalue weighted by Gasteiger charge is 2.12. The number of carboxylic acids is 1. The lowest BCUT2D eigenvalue weighted by molar-refractivity contribution is -0.136. The SMILES string of the molecule is CN1CCN=C1SCCC(=O)O. The van der Waals surface area contributed by atoms with Crippen LogP contribution in [0.25, 0.3) is 0 Å². The second-order valence-corrected chi connectivity index (χ2v) is 3.64. The first-order chi connectivity index (χ1) is 5.70. The van der Waals surface area contributed by atoms with Crippen LogP contribution in [0.2, 0.25) is 0 Å². The fourth-order valence-corrected chi connectivity index (χ4v) is 1.85. The Morgan fingerprint density at radius 3 is 3.08 bits per heavy atom. The molecule has 0 aromatic heterocycles. The largest absolute Gasteiger partial charge is 0.481 e. The van der Waals surface area contributed by atoms with Crippen molar-refractivity contribution in [1.82, 2.24) is 4.90 Å². The number of aliphatic imine (C=N–C) groups is 1. The topological polar surface area (TPSA) is 52.9 Å². The summed E-state index contributed by atoms with van der Waals surface area (Å²) >= 11 is 1.52. The molecule has 0 aromatic carbocycles. The monoisotopic (exact) mass is 188 g/mol. The van der Waals surface area contributed by atoms with Crippen LogP contribution in [0.1, 0.15) is 6.42 Å². The van der Waals surface area contributed by atoms with E-state index in [1.54, 1.807) is 0 Å². The van der Waals surface area contributed by atoms with Gasteiger partial charge in [0.05, 0.1) is 13.0 Å². The Hall–Kier alpha value is -0.710. The molecule has 12 heavy (non-hydrogen) atoms. The van der Waals surface area contributed by atoms with Crippen molar-refractivity contribution in [3.63, 3.8) is 0 Å². The molecule has 1 heterocycles. The van der Waals surface area contributed by atoms with Crippen LogP contribution in [0.5, 0.6) is 0 Å². The van der Waals surface area contributed by atoms with Gasteiger partial charge in [-0.25, -0.2) is 0 Å². The Morgan fingerprint density at radius 2 is 2.58 bits per heavy atom. The lowest BCUT2D eigenvalue weighted by atomic mass is 10.5. The molecule has 0 amide bonds. The van der Waals surface area contributed by atoms with Crippen molar-refractivity contribution >= 4 is 22.9 Å². The molecule has 1 aliphatic rings. The van der Waals surface area contributed by atoms with E-state index in [-0.39, 0.29) is 6.42 Å². The average molecular weight is 188 g/mol. The Morgan fingerprint density at radius 1 is 1.83 bits per heavy atom. The maximum atomic E-state index is 10.2. The molecule has 0 fully saturated rings. The number of amidine groups is 1. The molecule has 1 rings (SSSR count). The highest BCUT2D eigenvalue weighted by Crippen LogP contribution is 2.12. The van der Waals surface area contributed by atoms with E-state index in [1.165, 1.54) is 11.8 Å². The molecule has 0 aliphatic carbocycles. The standard InChI is InChI=1S/C7H12N2O2S/c1-9-4-3-8-7(9)12-5-2-6(10)11/h2-5H2,1H3,(H,10,11). The molecule has 1 N–H and O–H groups in total. The molecular formula is C7H12N2O2S. The van der Waals surface area contributed by atoms with E-state index in [1.807, 2.05) is 11.9 Å². The molecule has 0 aromatic rings. The van der Waals surface area contributed by atoms with E-state index in [0.717, 1.165) is 18.3 Å². The van der Waals surface area contributed by atoms with E-state index < -0.39 is 5.97 Å². The van der Waals surface area contributed by atoms with Gasteiger partial charge in [0, 0.05) is 19.3 Å². The molecule has 0 radical (unpaired) electrons. The van der Waals surface area contributed by atoms with Crippen molar-refractivity contribution in [3.8, 4) is 0 Å². The number of aliphatic carboxylic acids is 1. The summed E-state index contributed by atoms with van der Waals surface area (Å²) in [5.41, 5.74) is 0. The number of carboxylic acid groups (broad SMARTS) is 1. The highest BCUT2D eigenvalue weighted by atomic mass is 32.2. The van der Waals surface area contributed by atoms with Gasteiger partial charge in [-0.05, 0) is 0 Å². The van der Waals surface area contributed by atoms with Gasteiger partial charge in [0.2, 0.25) is 0 Å². The lowest BCUT2D eigenvalue weighted by Crippen LogP contribution is -2.20. The summed E-state index contributed by atoms with van der Waals surface area (Å²) < 4.78 is 0. The molecule has 4 nitrogen and oxygen atoms in total. The number of likely N-dealkylation sites (N-methyl/N-ethyl adjacent to an activating group) is 1. The number of rotatable bonds is 3. The molecule has 1 aliphatic heterocycles. The molecule has 0 saturated carbocycles. The summed E-state index contributed by atoms with van der Waals surface area (Å²) in [7, 11) is 1.97. The molecular weight excluding hydrogens is 176 g/mol. The first-order valence-corrected chi connectivity index (χ1v) is 4.79. The Kier molecular flexibility index (Phi) is 3.40. The maximum absolute atomic E-state index is 10.2. The van der Waals surface area contributed by atoms with E-state index >= 15 is 0 Å². The third-order valence-electron chi connectivity index (χ3n) is 1.56. The predicted octanol–water partition coefficient (Wildman–Crippen LogP) is 0.496. The van der Waals surface area contributed by atoms with Crippen molar-refractivity contribution in [2.75, 3.05) is 25.9 Å². The Balaban J connectivity index is 2.19. The first-order valence-electron chi connectivity index (χ1n) is 3.80. The minimum Gasteiger partial charge on any atom is -0.481 e. The van der Waals surface area contributed by atoms with Gasteiger partial charge >= 0.3 is 5.97 Å². The quantitative estimate of drug-likeness (QED) is 0.700. The molecule has 0 atom stereocenters. The smallest absolute Gasteiger partial charge is 0.304 e. The van der Waals surface area contributed by atoms with Crippen LogP contribution < -0.4 is 0 Å². The zero-order chi connectivity index (χ0) is 8.97. The molecule has 5 heteroatoms. The van der Waals surface area contributed by atoms with Crippen LogP contribution in [0.3, 0.4) is 0 Å². The molecule has 0 bridgehead atoms. The first kappa shape index (κ1) is 9.38. The van der Waals surface area contributed by atoms with Crippen LogP contribution in [0.15, 0.2) is 4.99 Å². The van der Waals surface area contributed by atoms with Crippen LogP contribution in [0.4, 0.5) is 0 Å². The summed E-state index contributed by atoms with van der Waals surface area (Å²) in [5, 5.41) is 9.36. The number of carbonyl (C=O) groups is 1. The minimum atomic E-state index is -0.747. The molecule has 0 unspecified atom stereocenters.